The average Bonchev–Trinajstić information content (AvgIpc) is 2.66. The third-order valence-electron chi connectivity index (χ3n) is 5.70. The number of hydrogen-bond acceptors (Lipinski definition) is 1. The molecule has 28 heavy (non-hydrogen) atoms. The molecule has 2 aromatic carbocycles. The predicted octanol–water partition coefficient (Wildman–Crippen LogP) is 5.95. The Bertz CT molecular complexity index is 1150. The molecule has 0 aliphatic carbocycles. The summed E-state index contributed by atoms with van der Waals surface area (Å²) in [6.07, 6.45) is 8.28. The Hall–Kier alpha value is -2.74. The van der Waals surface area contributed by atoms with Crippen LogP contribution in [0.2, 0.25) is 0 Å². The Kier molecular flexibility index (Phi) is 4.45. The van der Waals surface area contributed by atoms with Crippen LogP contribution in [0.3, 0.4) is 0 Å². The predicted molar refractivity (Wildman–Crippen MR) is 118 cm³/mol. The Morgan fingerprint density at radius 1 is 0.750 bits per heavy atom. The summed E-state index contributed by atoms with van der Waals surface area (Å²) < 4.78 is 2.31. The van der Waals surface area contributed by atoms with Gasteiger partial charge in [-0.1, -0.05) is 45.0 Å². The number of pyridine rings is 2. The van der Waals surface area contributed by atoms with Gasteiger partial charge < -0.3 is 0 Å². The Balaban J connectivity index is 1.65. The second-order valence-corrected chi connectivity index (χ2v) is 9.53. The van der Waals surface area contributed by atoms with Gasteiger partial charge in [0.2, 0.25) is 0 Å². The van der Waals surface area contributed by atoms with Crippen molar-refractivity contribution < 1.29 is 4.57 Å². The highest BCUT2D eigenvalue weighted by Gasteiger charge is 2.26. The van der Waals surface area contributed by atoms with Gasteiger partial charge in [0, 0.05) is 34.6 Å². The number of rotatable bonds is 3. The zero-order valence-electron chi connectivity index (χ0n) is 17.5. The standard InChI is InChI=1S/C26H29N2/c1-25(2,3)23-8-7-21-17-28(13-11-20(21)14-23)18-26(4,5)24-9-6-19-10-12-27-16-22(19)15-24/h6-17H,18H2,1-5H3/q+1. The summed E-state index contributed by atoms with van der Waals surface area (Å²) in [6, 6.07) is 17.9. The number of nitrogens with zero attached hydrogens (tertiary/aromatic N) is 2. The van der Waals surface area contributed by atoms with Crippen molar-refractivity contribution >= 4 is 21.5 Å². The first-order valence-corrected chi connectivity index (χ1v) is 10.0. The van der Waals surface area contributed by atoms with Crippen LogP contribution in [0.25, 0.3) is 21.5 Å². The molecule has 0 fully saturated rings. The van der Waals surface area contributed by atoms with Gasteiger partial charge in [-0.3, -0.25) is 4.98 Å². The maximum atomic E-state index is 4.27. The van der Waals surface area contributed by atoms with E-state index in [1.807, 2.05) is 12.4 Å². The van der Waals surface area contributed by atoms with Crippen LogP contribution < -0.4 is 4.57 Å². The van der Waals surface area contributed by atoms with Gasteiger partial charge >= 0.3 is 0 Å². The third-order valence-corrected chi connectivity index (χ3v) is 5.70. The van der Waals surface area contributed by atoms with Crippen LogP contribution in [0.1, 0.15) is 45.7 Å². The fraction of sp³-hybridized carbons (Fsp3) is 0.308. The highest BCUT2D eigenvalue weighted by molar-refractivity contribution is 5.82. The van der Waals surface area contributed by atoms with Crippen molar-refractivity contribution in [3.63, 3.8) is 0 Å². The zero-order chi connectivity index (χ0) is 19.9. The topological polar surface area (TPSA) is 16.8 Å². The summed E-state index contributed by atoms with van der Waals surface area (Å²) >= 11 is 0. The summed E-state index contributed by atoms with van der Waals surface area (Å²) in [7, 11) is 0. The van der Waals surface area contributed by atoms with Crippen molar-refractivity contribution in [1.29, 1.82) is 0 Å². The van der Waals surface area contributed by atoms with E-state index in [1.54, 1.807) is 0 Å². The molecule has 0 atom stereocenters. The van der Waals surface area contributed by atoms with Crippen molar-refractivity contribution in [2.45, 2.75) is 52.0 Å². The molecule has 0 saturated carbocycles. The molecule has 0 amide bonds. The van der Waals surface area contributed by atoms with E-state index in [9.17, 15) is 0 Å². The van der Waals surface area contributed by atoms with Gasteiger partial charge in [0.25, 0.3) is 0 Å². The van der Waals surface area contributed by atoms with Crippen LogP contribution >= 0.6 is 0 Å². The van der Waals surface area contributed by atoms with E-state index in [0.29, 0.717) is 0 Å². The molecule has 0 spiro atoms. The van der Waals surface area contributed by atoms with E-state index in [0.717, 1.165) is 6.54 Å². The third kappa shape index (κ3) is 3.64. The summed E-state index contributed by atoms with van der Waals surface area (Å²) in [4.78, 5) is 4.27. The summed E-state index contributed by atoms with van der Waals surface area (Å²) in [5.74, 6) is 0. The smallest absolute Gasteiger partial charge is 0.176 e. The van der Waals surface area contributed by atoms with E-state index in [4.69, 9.17) is 0 Å². The second kappa shape index (κ2) is 6.70. The first kappa shape index (κ1) is 18.6. The molecule has 0 saturated heterocycles. The van der Waals surface area contributed by atoms with E-state index in [-0.39, 0.29) is 10.8 Å². The highest BCUT2D eigenvalue weighted by Crippen LogP contribution is 2.28. The van der Waals surface area contributed by atoms with E-state index in [1.165, 1.54) is 32.7 Å². The lowest BCUT2D eigenvalue weighted by Crippen LogP contribution is -2.42. The van der Waals surface area contributed by atoms with Crippen molar-refractivity contribution in [1.82, 2.24) is 4.98 Å². The molecule has 142 valence electrons. The first-order chi connectivity index (χ1) is 13.2. The van der Waals surface area contributed by atoms with Gasteiger partial charge in [-0.25, -0.2) is 4.57 Å². The van der Waals surface area contributed by atoms with E-state index >= 15 is 0 Å². The Morgan fingerprint density at radius 3 is 2.25 bits per heavy atom. The molecule has 4 aromatic rings. The first-order valence-electron chi connectivity index (χ1n) is 10.0. The minimum absolute atomic E-state index is 0.0216. The summed E-state index contributed by atoms with van der Waals surface area (Å²) in [6.45, 7) is 12.3. The molecule has 0 unspecified atom stereocenters. The minimum Gasteiger partial charge on any atom is -0.264 e. The molecule has 0 bridgehead atoms. The van der Waals surface area contributed by atoms with Gasteiger partial charge in [-0.05, 0) is 59.4 Å². The van der Waals surface area contributed by atoms with Gasteiger partial charge in [0.1, 0.15) is 0 Å². The van der Waals surface area contributed by atoms with Crippen molar-refractivity contribution in [3.05, 3.63) is 84.4 Å². The lowest BCUT2D eigenvalue weighted by Gasteiger charge is -2.22. The number of fused-ring (bicyclic) bond motifs is 2. The fourth-order valence-electron chi connectivity index (χ4n) is 3.85. The molecule has 0 N–H and O–H groups in total. The molecule has 0 aliphatic rings. The molecule has 2 heterocycles. The van der Waals surface area contributed by atoms with Gasteiger partial charge in [0.05, 0.1) is 0 Å². The molecule has 0 radical (unpaired) electrons. The maximum Gasteiger partial charge on any atom is 0.176 e. The maximum absolute atomic E-state index is 4.27. The molecular formula is C26H29N2+. The highest BCUT2D eigenvalue weighted by atomic mass is 14.9. The molecule has 0 aliphatic heterocycles. The van der Waals surface area contributed by atoms with Crippen LogP contribution in [0.15, 0.2) is 73.3 Å². The molecule has 2 heteroatoms. The van der Waals surface area contributed by atoms with Crippen molar-refractivity contribution in [3.8, 4) is 0 Å². The normalized spacial score (nSPS) is 12.6. The number of hydrogen-bond donors (Lipinski definition) is 0. The minimum atomic E-state index is 0.0216. The SMILES string of the molecule is CC(C)(C)c1ccc2c[n+](CC(C)(C)c3ccc4ccncc4c3)ccc2c1. The zero-order valence-corrected chi connectivity index (χ0v) is 17.5. The summed E-state index contributed by atoms with van der Waals surface area (Å²) in [5.41, 5.74) is 2.91. The molecular weight excluding hydrogens is 340 g/mol. The van der Waals surface area contributed by atoms with Gasteiger partial charge in [-0.15, -0.1) is 0 Å². The van der Waals surface area contributed by atoms with Crippen molar-refractivity contribution in [2.75, 3.05) is 0 Å². The number of benzene rings is 2. The second-order valence-electron chi connectivity index (χ2n) is 9.53. The molecule has 2 aromatic heterocycles. The molecule has 4 rings (SSSR count). The quantitative estimate of drug-likeness (QED) is 0.408. The van der Waals surface area contributed by atoms with Crippen LogP contribution in [0, 0.1) is 0 Å². The lowest BCUT2D eigenvalue weighted by atomic mass is 9.83. The monoisotopic (exact) mass is 369 g/mol. The van der Waals surface area contributed by atoms with E-state index < -0.39 is 0 Å². The fourth-order valence-corrected chi connectivity index (χ4v) is 3.85. The van der Waals surface area contributed by atoms with Crippen LogP contribution in [-0.4, -0.2) is 4.98 Å². The van der Waals surface area contributed by atoms with Crippen LogP contribution in [0.5, 0.6) is 0 Å². The molecule has 2 nitrogen and oxygen atoms in total. The summed E-state index contributed by atoms with van der Waals surface area (Å²) in [5, 5.41) is 5.03. The van der Waals surface area contributed by atoms with E-state index in [2.05, 4.69) is 105 Å². The lowest BCUT2D eigenvalue weighted by molar-refractivity contribution is -0.703. The largest absolute Gasteiger partial charge is 0.264 e. The number of aromatic nitrogens is 2. The van der Waals surface area contributed by atoms with Crippen LogP contribution in [-0.2, 0) is 17.4 Å². The van der Waals surface area contributed by atoms with Gasteiger partial charge in [-0.2, -0.15) is 0 Å². The van der Waals surface area contributed by atoms with Gasteiger partial charge in [0.15, 0.2) is 18.9 Å². The Morgan fingerprint density at radius 2 is 1.46 bits per heavy atom. The van der Waals surface area contributed by atoms with Crippen molar-refractivity contribution in [2.24, 2.45) is 0 Å². The Labute approximate surface area is 167 Å². The average molecular weight is 370 g/mol. The van der Waals surface area contributed by atoms with Crippen LogP contribution in [0.4, 0.5) is 0 Å².